The standard InChI is InChI=1S/C52H46N2O/c1-3-5-18-35(4-2)29-31-39-33-47(54-51(53-39)43-27-16-17-28-48(43)55)44-34-46-50(42-26-15-14-25-41(42)44)49-40-24-13-12-19-36(40)30-32-45(49)52(46,37-20-8-6-9-21-37)38-22-10-7-11-23-38/h6-17,19-28,30,32-35,55H,3-5,18,29,31H2,1-2H3. The first-order valence-corrected chi connectivity index (χ1v) is 20.0. The lowest BCUT2D eigenvalue weighted by Crippen LogP contribution is -2.28. The number of aromatic hydroxyl groups is 1. The van der Waals surface area contributed by atoms with Gasteiger partial charge in [0.2, 0.25) is 0 Å². The second kappa shape index (κ2) is 14.6. The van der Waals surface area contributed by atoms with Crippen molar-refractivity contribution >= 4 is 21.5 Å². The number of phenolic OH excluding ortho intramolecular Hbond substituents is 1. The summed E-state index contributed by atoms with van der Waals surface area (Å²) < 4.78 is 0. The molecule has 0 radical (unpaired) electrons. The number of para-hydroxylation sites is 1. The Hall–Kier alpha value is -6.06. The fourth-order valence-corrected chi connectivity index (χ4v) is 9.26. The first-order chi connectivity index (χ1) is 27.1. The lowest BCUT2D eigenvalue weighted by molar-refractivity contribution is 0.420. The zero-order valence-electron chi connectivity index (χ0n) is 31.7. The number of aryl methyl sites for hydroxylation is 1. The van der Waals surface area contributed by atoms with E-state index in [2.05, 4.69) is 147 Å². The number of unbranched alkanes of at least 4 members (excludes halogenated alkanes) is 1. The molecule has 0 saturated heterocycles. The Morgan fingerprint density at radius 1 is 0.564 bits per heavy atom. The molecular formula is C52H46N2O. The smallest absolute Gasteiger partial charge is 0.163 e. The van der Waals surface area contributed by atoms with Crippen LogP contribution < -0.4 is 0 Å². The molecule has 1 aromatic heterocycles. The Balaban J connectivity index is 1.36. The molecule has 3 heteroatoms. The van der Waals surface area contributed by atoms with E-state index in [1.807, 2.05) is 18.2 Å². The van der Waals surface area contributed by atoms with Crippen molar-refractivity contribution in [1.82, 2.24) is 9.97 Å². The SMILES string of the molecule is CCCCC(CC)CCc1cc(-c2cc3c(c4ccccc24)-c2c(ccc4ccccc24)C3(c2ccccc2)c2ccccc2)nc(-c2ccccc2O)n1. The summed E-state index contributed by atoms with van der Waals surface area (Å²) >= 11 is 0. The van der Waals surface area contributed by atoms with Crippen LogP contribution >= 0.6 is 0 Å². The van der Waals surface area contributed by atoms with Gasteiger partial charge in [-0.15, -0.1) is 0 Å². The van der Waals surface area contributed by atoms with Gasteiger partial charge in [-0.2, -0.15) is 0 Å². The molecule has 8 aromatic rings. The van der Waals surface area contributed by atoms with E-state index in [1.165, 1.54) is 68.8 Å². The van der Waals surface area contributed by atoms with Gasteiger partial charge >= 0.3 is 0 Å². The van der Waals surface area contributed by atoms with Crippen LogP contribution in [0.2, 0.25) is 0 Å². The largest absolute Gasteiger partial charge is 0.507 e. The van der Waals surface area contributed by atoms with Crippen molar-refractivity contribution in [2.45, 2.75) is 57.8 Å². The molecule has 55 heavy (non-hydrogen) atoms. The molecule has 0 fully saturated rings. The third-order valence-electron chi connectivity index (χ3n) is 12.0. The highest BCUT2D eigenvalue weighted by Gasteiger charge is 2.47. The highest BCUT2D eigenvalue weighted by Crippen LogP contribution is 2.60. The number of fused-ring (bicyclic) bond motifs is 7. The van der Waals surface area contributed by atoms with Gasteiger partial charge in [-0.3, -0.25) is 0 Å². The summed E-state index contributed by atoms with van der Waals surface area (Å²) in [6.45, 7) is 4.58. The first-order valence-electron chi connectivity index (χ1n) is 20.0. The van der Waals surface area contributed by atoms with Gasteiger partial charge in [0.25, 0.3) is 0 Å². The molecule has 1 N–H and O–H groups in total. The summed E-state index contributed by atoms with van der Waals surface area (Å²) in [7, 11) is 0. The molecule has 1 aliphatic carbocycles. The lowest BCUT2D eigenvalue weighted by Gasteiger charge is -2.34. The minimum Gasteiger partial charge on any atom is -0.507 e. The van der Waals surface area contributed by atoms with E-state index < -0.39 is 5.41 Å². The second-order valence-corrected chi connectivity index (χ2v) is 15.1. The Morgan fingerprint density at radius 3 is 1.91 bits per heavy atom. The van der Waals surface area contributed by atoms with E-state index >= 15 is 0 Å². The van der Waals surface area contributed by atoms with E-state index in [4.69, 9.17) is 9.97 Å². The van der Waals surface area contributed by atoms with Crippen LogP contribution in [-0.4, -0.2) is 15.1 Å². The first kappa shape index (κ1) is 34.7. The summed E-state index contributed by atoms with van der Waals surface area (Å²) in [5.41, 5.74) is 10.6. The molecule has 0 bridgehead atoms. The molecule has 7 aromatic carbocycles. The van der Waals surface area contributed by atoms with Crippen molar-refractivity contribution in [2.24, 2.45) is 5.92 Å². The third kappa shape index (κ3) is 5.90. The Kier molecular flexibility index (Phi) is 9.23. The second-order valence-electron chi connectivity index (χ2n) is 15.1. The van der Waals surface area contributed by atoms with Crippen LogP contribution in [-0.2, 0) is 11.8 Å². The van der Waals surface area contributed by atoms with Crippen LogP contribution in [0.1, 0.15) is 73.9 Å². The molecule has 0 amide bonds. The maximum absolute atomic E-state index is 11.1. The highest BCUT2D eigenvalue weighted by atomic mass is 16.3. The fraction of sp³-hybridized carbons (Fsp3) is 0.192. The van der Waals surface area contributed by atoms with Crippen LogP contribution in [0.4, 0.5) is 0 Å². The van der Waals surface area contributed by atoms with Gasteiger partial charge in [-0.25, -0.2) is 9.97 Å². The third-order valence-corrected chi connectivity index (χ3v) is 12.0. The van der Waals surface area contributed by atoms with Crippen molar-refractivity contribution in [1.29, 1.82) is 0 Å². The highest BCUT2D eigenvalue weighted by molar-refractivity contribution is 6.15. The average molecular weight is 715 g/mol. The van der Waals surface area contributed by atoms with Crippen molar-refractivity contribution in [3.8, 4) is 39.5 Å². The van der Waals surface area contributed by atoms with Gasteiger partial charge in [-0.05, 0) is 98.0 Å². The van der Waals surface area contributed by atoms with Gasteiger partial charge in [0.05, 0.1) is 16.7 Å². The van der Waals surface area contributed by atoms with Gasteiger partial charge in [-0.1, -0.05) is 173 Å². The van der Waals surface area contributed by atoms with Crippen molar-refractivity contribution in [3.63, 3.8) is 0 Å². The predicted octanol–water partition coefficient (Wildman–Crippen LogP) is 13.3. The van der Waals surface area contributed by atoms with Crippen molar-refractivity contribution in [2.75, 3.05) is 0 Å². The van der Waals surface area contributed by atoms with E-state index in [9.17, 15) is 5.11 Å². The van der Waals surface area contributed by atoms with Crippen molar-refractivity contribution in [3.05, 3.63) is 186 Å². The van der Waals surface area contributed by atoms with E-state index in [0.29, 0.717) is 17.3 Å². The molecule has 0 spiro atoms. The molecule has 3 nitrogen and oxygen atoms in total. The lowest BCUT2D eigenvalue weighted by atomic mass is 9.67. The summed E-state index contributed by atoms with van der Waals surface area (Å²) in [5.74, 6) is 1.40. The Morgan fingerprint density at radius 2 is 1.20 bits per heavy atom. The minimum absolute atomic E-state index is 0.188. The molecule has 270 valence electrons. The number of hydrogen-bond donors (Lipinski definition) is 1. The molecule has 9 rings (SSSR count). The number of rotatable bonds is 11. The topological polar surface area (TPSA) is 46.0 Å². The summed E-state index contributed by atoms with van der Waals surface area (Å²) in [6.07, 6.45) is 6.80. The van der Waals surface area contributed by atoms with Gasteiger partial charge in [0, 0.05) is 11.3 Å². The maximum atomic E-state index is 11.1. The average Bonchev–Trinajstić information content (AvgIpc) is 3.56. The van der Waals surface area contributed by atoms with Crippen LogP contribution in [0.5, 0.6) is 5.75 Å². The number of hydrogen-bond acceptors (Lipinski definition) is 3. The summed E-state index contributed by atoms with van der Waals surface area (Å²) in [4.78, 5) is 10.5. The van der Waals surface area contributed by atoms with E-state index in [1.54, 1.807) is 6.07 Å². The molecule has 1 aliphatic rings. The van der Waals surface area contributed by atoms with Gasteiger partial charge < -0.3 is 5.11 Å². The predicted molar refractivity (Wildman–Crippen MR) is 229 cm³/mol. The van der Waals surface area contributed by atoms with E-state index in [0.717, 1.165) is 41.6 Å². The molecule has 1 heterocycles. The molecule has 1 unspecified atom stereocenters. The zero-order valence-corrected chi connectivity index (χ0v) is 31.7. The number of benzene rings is 7. The quantitative estimate of drug-likeness (QED) is 0.145. The molecule has 0 saturated carbocycles. The number of phenols is 1. The minimum atomic E-state index is -0.583. The summed E-state index contributed by atoms with van der Waals surface area (Å²) in [5, 5.41) is 15.9. The van der Waals surface area contributed by atoms with Crippen LogP contribution in [0.3, 0.4) is 0 Å². The van der Waals surface area contributed by atoms with Gasteiger partial charge in [0.1, 0.15) is 5.75 Å². The molecular weight excluding hydrogens is 669 g/mol. The molecule has 0 aliphatic heterocycles. The van der Waals surface area contributed by atoms with Gasteiger partial charge in [0.15, 0.2) is 5.82 Å². The number of nitrogens with zero attached hydrogens (tertiary/aromatic N) is 2. The fourth-order valence-electron chi connectivity index (χ4n) is 9.26. The summed E-state index contributed by atoms with van der Waals surface area (Å²) in [6, 6.07) is 56.5. The Labute approximate surface area is 324 Å². The van der Waals surface area contributed by atoms with Crippen LogP contribution in [0, 0.1) is 5.92 Å². The molecule has 1 atom stereocenters. The van der Waals surface area contributed by atoms with Crippen LogP contribution in [0.25, 0.3) is 55.3 Å². The van der Waals surface area contributed by atoms with Crippen LogP contribution in [0.15, 0.2) is 158 Å². The normalized spacial score (nSPS) is 13.5. The van der Waals surface area contributed by atoms with E-state index in [-0.39, 0.29) is 5.75 Å². The van der Waals surface area contributed by atoms with Crippen molar-refractivity contribution < 1.29 is 5.11 Å². The maximum Gasteiger partial charge on any atom is 0.163 e. The zero-order chi connectivity index (χ0) is 37.4. The number of aromatic nitrogens is 2. The Bertz CT molecular complexity index is 2610. The monoisotopic (exact) mass is 714 g/mol.